The molecule has 0 radical (unpaired) electrons. The molecule has 0 saturated carbocycles. The highest BCUT2D eigenvalue weighted by molar-refractivity contribution is 8.00. The predicted molar refractivity (Wildman–Crippen MR) is 45.2 cm³/mol. The monoisotopic (exact) mass is 164 g/mol. The molecule has 0 aliphatic heterocycles. The van der Waals surface area contributed by atoms with Gasteiger partial charge in [0, 0.05) is 6.20 Å². The Morgan fingerprint density at radius 3 is 3.00 bits per heavy atom. The van der Waals surface area contributed by atoms with Gasteiger partial charge in [0.05, 0.1) is 16.3 Å². The van der Waals surface area contributed by atoms with Crippen LogP contribution in [0.15, 0.2) is 29.4 Å². The predicted octanol–water partition coefficient (Wildman–Crippen LogP) is 2.09. The van der Waals surface area contributed by atoms with E-state index in [1.807, 2.05) is 25.1 Å². The minimum absolute atomic E-state index is 0.0232. The van der Waals surface area contributed by atoms with Crippen LogP contribution in [0.5, 0.6) is 0 Å². The zero-order chi connectivity index (χ0) is 8.10. The van der Waals surface area contributed by atoms with Crippen LogP contribution in [0.2, 0.25) is 0 Å². The molecule has 1 rings (SSSR count). The number of nitriles is 1. The fourth-order valence-corrected chi connectivity index (χ4v) is 1.32. The van der Waals surface area contributed by atoms with E-state index in [1.165, 1.54) is 11.8 Å². The zero-order valence-electron chi connectivity index (χ0n) is 6.19. The average molecular weight is 164 g/mol. The summed E-state index contributed by atoms with van der Waals surface area (Å²) in [6, 6.07) is 7.82. The molecule has 56 valence electrons. The molecular formula is C8H8N2S. The van der Waals surface area contributed by atoms with Gasteiger partial charge in [0.1, 0.15) is 0 Å². The van der Waals surface area contributed by atoms with Gasteiger partial charge in [-0.05, 0) is 19.1 Å². The highest BCUT2D eigenvalue weighted by Crippen LogP contribution is 2.18. The quantitative estimate of drug-likeness (QED) is 0.628. The summed E-state index contributed by atoms with van der Waals surface area (Å²) in [5, 5.41) is 9.38. The molecule has 3 heteroatoms. The summed E-state index contributed by atoms with van der Waals surface area (Å²) >= 11 is 1.47. The molecule has 1 atom stereocenters. The number of nitrogens with zero attached hydrogens (tertiary/aromatic N) is 2. The van der Waals surface area contributed by atoms with Crippen molar-refractivity contribution in [1.82, 2.24) is 4.98 Å². The standard InChI is InChI=1S/C8H8N2S/c1-7(6-9)11-8-4-2-3-5-10-8/h2-5,7H,1H3. The van der Waals surface area contributed by atoms with E-state index < -0.39 is 0 Å². The van der Waals surface area contributed by atoms with Crippen molar-refractivity contribution in [2.24, 2.45) is 0 Å². The van der Waals surface area contributed by atoms with Crippen molar-refractivity contribution in [3.05, 3.63) is 24.4 Å². The van der Waals surface area contributed by atoms with Gasteiger partial charge < -0.3 is 0 Å². The normalized spacial score (nSPS) is 12.0. The number of pyridine rings is 1. The second kappa shape index (κ2) is 3.99. The van der Waals surface area contributed by atoms with Gasteiger partial charge >= 0.3 is 0 Å². The Balaban J connectivity index is 2.60. The van der Waals surface area contributed by atoms with Crippen LogP contribution in [0.4, 0.5) is 0 Å². The van der Waals surface area contributed by atoms with E-state index in [-0.39, 0.29) is 5.25 Å². The maximum Gasteiger partial charge on any atom is 0.0972 e. The Morgan fingerprint density at radius 1 is 1.64 bits per heavy atom. The Labute approximate surface area is 70.3 Å². The lowest BCUT2D eigenvalue weighted by atomic mass is 10.5. The molecular weight excluding hydrogens is 156 g/mol. The molecule has 0 bridgehead atoms. The Hall–Kier alpha value is -1.01. The third-order valence-corrected chi connectivity index (χ3v) is 2.06. The molecule has 0 fully saturated rings. The van der Waals surface area contributed by atoms with E-state index in [2.05, 4.69) is 11.1 Å². The van der Waals surface area contributed by atoms with Crippen LogP contribution in [-0.4, -0.2) is 10.2 Å². The molecule has 1 unspecified atom stereocenters. The molecule has 1 heterocycles. The van der Waals surface area contributed by atoms with Crippen molar-refractivity contribution >= 4 is 11.8 Å². The van der Waals surface area contributed by atoms with E-state index in [0.717, 1.165) is 5.03 Å². The van der Waals surface area contributed by atoms with Crippen molar-refractivity contribution in [1.29, 1.82) is 5.26 Å². The van der Waals surface area contributed by atoms with Gasteiger partial charge in [-0.1, -0.05) is 17.8 Å². The largest absolute Gasteiger partial charge is 0.250 e. The molecule has 0 saturated heterocycles. The van der Waals surface area contributed by atoms with E-state index in [0.29, 0.717) is 0 Å². The molecule has 0 amide bonds. The number of rotatable bonds is 2. The van der Waals surface area contributed by atoms with Crippen LogP contribution < -0.4 is 0 Å². The van der Waals surface area contributed by atoms with Gasteiger partial charge in [0.25, 0.3) is 0 Å². The first-order chi connectivity index (χ1) is 5.33. The third kappa shape index (κ3) is 2.60. The molecule has 2 nitrogen and oxygen atoms in total. The van der Waals surface area contributed by atoms with Gasteiger partial charge in [0.15, 0.2) is 0 Å². The van der Waals surface area contributed by atoms with Crippen LogP contribution in [-0.2, 0) is 0 Å². The van der Waals surface area contributed by atoms with E-state index in [9.17, 15) is 0 Å². The first kappa shape index (κ1) is 8.09. The summed E-state index contributed by atoms with van der Waals surface area (Å²) in [5.74, 6) is 0. The van der Waals surface area contributed by atoms with Gasteiger partial charge in [0.2, 0.25) is 0 Å². The minimum atomic E-state index is -0.0232. The minimum Gasteiger partial charge on any atom is -0.250 e. The second-order valence-corrected chi connectivity index (χ2v) is 3.42. The van der Waals surface area contributed by atoms with Crippen LogP contribution in [0.25, 0.3) is 0 Å². The molecule has 0 spiro atoms. The molecule has 1 aromatic rings. The maximum absolute atomic E-state index is 8.50. The van der Waals surface area contributed by atoms with Crippen LogP contribution in [0.3, 0.4) is 0 Å². The lowest BCUT2D eigenvalue weighted by Crippen LogP contribution is -1.90. The first-order valence-corrected chi connectivity index (χ1v) is 4.18. The lowest BCUT2D eigenvalue weighted by molar-refractivity contribution is 1.12. The van der Waals surface area contributed by atoms with Gasteiger partial charge in [-0.2, -0.15) is 5.26 Å². The zero-order valence-corrected chi connectivity index (χ0v) is 7.01. The van der Waals surface area contributed by atoms with E-state index in [4.69, 9.17) is 5.26 Å². The number of thioether (sulfide) groups is 1. The third-order valence-electron chi connectivity index (χ3n) is 1.12. The molecule has 1 aromatic heterocycles. The van der Waals surface area contributed by atoms with Crippen molar-refractivity contribution in [2.45, 2.75) is 17.2 Å². The second-order valence-electron chi connectivity index (χ2n) is 2.06. The molecule has 0 aliphatic carbocycles. The Morgan fingerprint density at radius 2 is 2.45 bits per heavy atom. The van der Waals surface area contributed by atoms with Crippen LogP contribution in [0, 0.1) is 11.3 Å². The van der Waals surface area contributed by atoms with Crippen LogP contribution >= 0.6 is 11.8 Å². The van der Waals surface area contributed by atoms with Gasteiger partial charge in [-0.15, -0.1) is 0 Å². The van der Waals surface area contributed by atoms with Gasteiger partial charge in [-0.25, -0.2) is 4.98 Å². The van der Waals surface area contributed by atoms with Crippen LogP contribution in [0.1, 0.15) is 6.92 Å². The summed E-state index contributed by atoms with van der Waals surface area (Å²) in [5.41, 5.74) is 0. The Bertz CT molecular complexity index is 253. The van der Waals surface area contributed by atoms with E-state index >= 15 is 0 Å². The SMILES string of the molecule is CC(C#N)Sc1ccccn1. The number of hydrogen-bond acceptors (Lipinski definition) is 3. The highest BCUT2D eigenvalue weighted by Gasteiger charge is 2.01. The molecule has 11 heavy (non-hydrogen) atoms. The van der Waals surface area contributed by atoms with Crippen molar-refractivity contribution < 1.29 is 0 Å². The summed E-state index contributed by atoms with van der Waals surface area (Å²) in [6.45, 7) is 1.86. The lowest BCUT2D eigenvalue weighted by Gasteiger charge is -1.98. The van der Waals surface area contributed by atoms with E-state index in [1.54, 1.807) is 6.20 Å². The smallest absolute Gasteiger partial charge is 0.0972 e. The van der Waals surface area contributed by atoms with Crippen molar-refractivity contribution in [3.8, 4) is 6.07 Å². The molecule has 0 aliphatic rings. The van der Waals surface area contributed by atoms with Crippen molar-refractivity contribution in [3.63, 3.8) is 0 Å². The van der Waals surface area contributed by atoms with Gasteiger partial charge in [-0.3, -0.25) is 0 Å². The number of aromatic nitrogens is 1. The average Bonchev–Trinajstić information content (AvgIpc) is 2.06. The summed E-state index contributed by atoms with van der Waals surface area (Å²) in [7, 11) is 0. The topological polar surface area (TPSA) is 36.7 Å². The number of hydrogen-bond donors (Lipinski definition) is 0. The summed E-state index contributed by atoms with van der Waals surface area (Å²) in [4.78, 5) is 4.08. The highest BCUT2D eigenvalue weighted by atomic mass is 32.2. The summed E-state index contributed by atoms with van der Waals surface area (Å²) in [6.07, 6.45) is 1.73. The first-order valence-electron chi connectivity index (χ1n) is 3.30. The Kier molecular flexibility index (Phi) is 2.94. The molecule has 0 N–H and O–H groups in total. The molecule has 0 aromatic carbocycles. The maximum atomic E-state index is 8.50. The fourth-order valence-electron chi connectivity index (χ4n) is 0.624. The summed E-state index contributed by atoms with van der Waals surface area (Å²) < 4.78 is 0. The van der Waals surface area contributed by atoms with Crippen molar-refractivity contribution in [2.75, 3.05) is 0 Å². The fraction of sp³-hybridized carbons (Fsp3) is 0.250.